The van der Waals surface area contributed by atoms with Crippen LogP contribution in [-0.2, 0) is 16.1 Å². The predicted octanol–water partition coefficient (Wildman–Crippen LogP) is 4.24. The number of halogens is 1. The molecule has 2 aromatic carbocycles. The van der Waals surface area contributed by atoms with E-state index in [0.29, 0.717) is 23.5 Å². The number of carbonyl (C=O) groups is 2. The third-order valence-electron chi connectivity index (χ3n) is 5.22. The Morgan fingerprint density at radius 3 is 2.59 bits per heavy atom. The minimum absolute atomic E-state index is 0.0563. The van der Waals surface area contributed by atoms with Gasteiger partial charge in [-0.2, -0.15) is 0 Å². The number of amides is 1. The van der Waals surface area contributed by atoms with Crippen molar-refractivity contribution in [1.82, 2.24) is 9.88 Å². The average Bonchev–Trinajstić information content (AvgIpc) is 3.05. The van der Waals surface area contributed by atoms with Crippen molar-refractivity contribution >= 4 is 17.4 Å². The maximum Gasteiger partial charge on any atom is 0.295 e. The molecule has 0 bridgehead atoms. The normalized spacial score (nSPS) is 17.6. The average molecular weight is 432 g/mol. The SMILES string of the molecule is CCOc1cccc(C(O)=C2C(=O)C(=O)N(Cc3cccnc3)C2c2ccc(F)cc2)c1. The van der Waals surface area contributed by atoms with Crippen molar-refractivity contribution in [1.29, 1.82) is 0 Å². The van der Waals surface area contributed by atoms with Gasteiger partial charge in [0.1, 0.15) is 17.3 Å². The summed E-state index contributed by atoms with van der Waals surface area (Å²) in [6.45, 7) is 2.39. The van der Waals surface area contributed by atoms with Gasteiger partial charge in [0.25, 0.3) is 11.7 Å². The first-order valence-corrected chi connectivity index (χ1v) is 10.2. The fourth-order valence-electron chi connectivity index (χ4n) is 3.78. The Kier molecular flexibility index (Phi) is 5.98. The molecule has 1 unspecified atom stereocenters. The molecule has 0 spiro atoms. The number of Topliss-reactive ketones (excluding diaryl/α,β-unsaturated/α-hetero) is 1. The summed E-state index contributed by atoms with van der Waals surface area (Å²) in [6, 6.07) is 14.8. The third kappa shape index (κ3) is 4.09. The number of aromatic nitrogens is 1. The zero-order chi connectivity index (χ0) is 22.7. The molecule has 3 aromatic rings. The van der Waals surface area contributed by atoms with Crippen molar-refractivity contribution in [2.24, 2.45) is 0 Å². The van der Waals surface area contributed by atoms with Crippen LogP contribution in [0.4, 0.5) is 4.39 Å². The summed E-state index contributed by atoms with van der Waals surface area (Å²) in [5, 5.41) is 11.1. The van der Waals surface area contributed by atoms with E-state index in [9.17, 15) is 19.1 Å². The maximum absolute atomic E-state index is 13.6. The summed E-state index contributed by atoms with van der Waals surface area (Å²) in [4.78, 5) is 31.5. The van der Waals surface area contributed by atoms with E-state index < -0.39 is 23.5 Å². The largest absolute Gasteiger partial charge is 0.507 e. The Morgan fingerprint density at radius 2 is 1.91 bits per heavy atom. The third-order valence-corrected chi connectivity index (χ3v) is 5.22. The van der Waals surface area contributed by atoms with E-state index in [2.05, 4.69) is 4.98 Å². The van der Waals surface area contributed by atoms with E-state index in [1.807, 2.05) is 6.92 Å². The molecule has 32 heavy (non-hydrogen) atoms. The van der Waals surface area contributed by atoms with Crippen molar-refractivity contribution in [3.8, 4) is 5.75 Å². The monoisotopic (exact) mass is 432 g/mol. The lowest BCUT2D eigenvalue weighted by Gasteiger charge is -2.25. The van der Waals surface area contributed by atoms with Crippen LogP contribution in [0.25, 0.3) is 5.76 Å². The zero-order valence-corrected chi connectivity index (χ0v) is 17.4. The number of benzene rings is 2. The van der Waals surface area contributed by atoms with Crippen molar-refractivity contribution in [2.45, 2.75) is 19.5 Å². The molecule has 1 aliphatic heterocycles. The van der Waals surface area contributed by atoms with Crippen molar-refractivity contribution in [3.63, 3.8) is 0 Å². The highest BCUT2D eigenvalue weighted by Gasteiger charge is 2.46. The molecule has 1 aromatic heterocycles. The first kappa shape index (κ1) is 21.2. The van der Waals surface area contributed by atoms with Gasteiger partial charge in [-0.25, -0.2) is 4.39 Å². The molecule has 0 radical (unpaired) electrons. The number of rotatable bonds is 6. The second-order valence-corrected chi connectivity index (χ2v) is 7.30. The second kappa shape index (κ2) is 9.01. The molecule has 1 amide bonds. The Balaban J connectivity index is 1.84. The Hall–Kier alpha value is -4.00. The van der Waals surface area contributed by atoms with E-state index in [4.69, 9.17) is 4.74 Å². The Labute approximate surface area is 184 Å². The molecule has 6 nitrogen and oxygen atoms in total. The minimum atomic E-state index is -0.883. The van der Waals surface area contributed by atoms with Crippen LogP contribution in [-0.4, -0.2) is 33.3 Å². The Morgan fingerprint density at radius 1 is 1.12 bits per heavy atom. The molecule has 7 heteroatoms. The van der Waals surface area contributed by atoms with E-state index in [-0.39, 0.29) is 17.9 Å². The van der Waals surface area contributed by atoms with E-state index in [1.165, 1.54) is 29.2 Å². The minimum Gasteiger partial charge on any atom is -0.507 e. The number of ketones is 1. The van der Waals surface area contributed by atoms with E-state index >= 15 is 0 Å². The van der Waals surface area contributed by atoms with Crippen LogP contribution in [0, 0.1) is 5.82 Å². The van der Waals surface area contributed by atoms with Crippen molar-refractivity contribution < 1.29 is 23.8 Å². The summed E-state index contributed by atoms with van der Waals surface area (Å²) in [5.74, 6) is -1.78. The highest BCUT2D eigenvalue weighted by Crippen LogP contribution is 2.40. The molecule has 0 saturated carbocycles. The first-order valence-electron chi connectivity index (χ1n) is 10.2. The van der Waals surface area contributed by atoms with Crippen LogP contribution in [0.1, 0.15) is 29.7 Å². The van der Waals surface area contributed by atoms with Crippen molar-refractivity contribution in [3.05, 3.63) is 101 Å². The number of aliphatic hydroxyl groups is 1. The fourth-order valence-corrected chi connectivity index (χ4v) is 3.78. The quantitative estimate of drug-likeness (QED) is 0.358. The summed E-state index contributed by atoms with van der Waals surface area (Å²) >= 11 is 0. The summed E-state index contributed by atoms with van der Waals surface area (Å²) in [5.41, 5.74) is 1.53. The Bertz CT molecular complexity index is 1180. The lowest BCUT2D eigenvalue weighted by molar-refractivity contribution is -0.140. The van der Waals surface area contributed by atoms with Gasteiger partial charge < -0.3 is 14.7 Å². The van der Waals surface area contributed by atoms with Crippen LogP contribution < -0.4 is 4.74 Å². The number of carbonyl (C=O) groups excluding carboxylic acids is 2. The number of aliphatic hydroxyl groups excluding tert-OH is 1. The molecule has 1 aliphatic rings. The molecular weight excluding hydrogens is 411 g/mol. The second-order valence-electron chi connectivity index (χ2n) is 7.30. The number of likely N-dealkylation sites (tertiary alicyclic amines) is 1. The molecular formula is C25H21FN2O4. The number of hydrogen-bond donors (Lipinski definition) is 1. The van der Waals surface area contributed by atoms with Gasteiger partial charge in [-0.05, 0) is 48.4 Å². The number of ether oxygens (including phenoxy) is 1. The molecule has 1 N–H and O–H groups in total. The highest BCUT2D eigenvalue weighted by molar-refractivity contribution is 6.46. The number of hydrogen-bond acceptors (Lipinski definition) is 5. The van der Waals surface area contributed by atoms with Gasteiger partial charge in [0, 0.05) is 24.5 Å². The molecule has 4 rings (SSSR count). The van der Waals surface area contributed by atoms with Gasteiger partial charge in [-0.1, -0.05) is 30.3 Å². The topological polar surface area (TPSA) is 79.7 Å². The van der Waals surface area contributed by atoms with Crippen LogP contribution in [0.15, 0.2) is 78.6 Å². The van der Waals surface area contributed by atoms with Gasteiger partial charge in [-0.3, -0.25) is 14.6 Å². The molecule has 1 saturated heterocycles. The molecule has 1 fully saturated rings. The van der Waals surface area contributed by atoms with Crippen LogP contribution >= 0.6 is 0 Å². The van der Waals surface area contributed by atoms with E-state index in [0.717, 1.165) is 5.56 Å². The van der Waals surface area contributed by atoms with Crippen LogP contribution in [0.2, 0.25) is 0 Å². The lowest BCUT2D eigenvalue weighted by atomic mass is 9.95. The van der Waals surface area contributed by atoms with Gasteiger partial charge >= 0.3 is 0 Å². The molecule has 162 valence electrons. The molecule has 0 aliphatic carbocycles. The highest BCUT2D eigenvalue weighted by atomic mass is 19.1. The fraction of sp³-hybridized carbons (Fsp3) is 0.160. The summed E-state index contributed by atoms with van der Waals surface area (Å²) in [7, 11) is 0. The van der Waals surface area contributed by atoms with Gasteiger partial charge in [0.15, 0.2) is 0 Å². The van der Waals surface area contributed by atoms with E-state index in [1.54, 1.807) is 48.8 Å². The molecule has 1 atom stereocenters. The molecule has 2 heterocycles. The predicted molar refractivity (Wildman–Crippen MR) is 116 cm³/mol. The lowest BCUT2D eigenvalue weighted by Crippen LogP contribution is -2.29. The smallest absolute Gasteiger partial charge is 0.295 e. The van der Waals surface area contributed by atoms with Crippen molar-refractivity contribution in [2.75, 3.05) is 6.61 Å². The first-order chi connectivity index (χ1) is 15.5. The van der Waals surface area contributed by atoms with Gasteiger partial charge in [0.05, 0.1) is 18.2 Å². The van der Waals surface area contributed by atoms with Crippen LogP contribution in [0.5, 0.6) is 5.75 Å². The number of nitrogens with zero attached hydrogens (tertiary/aromatic N) is 2. The van der Waals surface area contributed by atoms with Gasteiger partial charge in [0.2, 0.25) is 0 Å². The summed E-state index contributed by atoms with van der Waals surface area (Å²) < 4.78 is 19.1. The van der Waals surface area contributed by atoms with Gasteiger partial charge in [-0.15, -0.1) is 0 Å². The summed E-state index contributed by atoms with van der Waals surface area (Å²) in [6.07, 6.45) is 3.22. The number of pyridine rings is 1. The maximum atomic E-state index is 13.6. The zero-order valence-electron chi connectivity index (χ0n) is 17.4. The van der Waals surface area contributed by atoms with Crippen LogP contribution in [0.3, 0.4) is 0 Å². The standard InChI is InChI=1S/C25H21FN2O4/c1-2-32-20-7-3-6-18(13-20)23(29)21-22(17-8-10-19(26)11-9-17)28(25(31)24(21)30)15-16-5-4-12-27-14-16/h3-14,22,29H,2,15H2,1H3.